The van der Waals surface area contributed by atoms with Crippen LogP contribution in [0.25, 0.3) is 21.5 Å². The van der Waals surface area contributed by atoms with Crippen LogP contribution < -0.4 is 11.1 Å². The number of pyridine rings is 1. The summed E-state index contributed by atoms with van der Waals surface area (Å²) in [6.07, 6.45) is 1.83. The molecular formula is C15H15N3. The van der Waals surface area contributed by atoms with Crippen LogP contribution in [0.1, 0.15) is 0 Å². The number of hydrogen-bond donors (Lipinski definition) is 2. The van der Waals surface area contributed by atoms with Gasteiger partial charge in [0.05, 0.1) is 0 Å². The fourth-order valence-electron chi connectivity index (χ4n) is 2.19. The molecule has 0 spiro atoms. The van der Waals surface area contributed by atoms with Crippen LogP contribution >= 0.6 is 0 Å². The molecule has 0 fully saturated rings. The number of aromatic nitrogens is 1. The van der Waals surface area contributed by atoms with E-state index in [1.807, 2.05) is 12.3 Å². The predicted octanol–water partition coefficient (Wildman–Crippen LogP) is 2.76. The minimum atomic E-state index is 0.603. The Labute approximate surface area is 106 Å². The average molecular weight is 237 g/mol. The summed E-state index contributed by atoms with van der Waals surface area (Å²) in [5.41, 5.74) is 5.52. The maximum absolute atomic E-state index is 5.52. The first-order valence-electron chi connectivity index (χ1n) is 6.10. The van der Waals surface area contributed by atoms with E-state index in [0.29, 0.717) is 6.54 Å². The number of benzene rings is 2. The number of fused-ring (bicyclic) bond motifs is 2. The Morgan fingerprint density at radius 3 is 2.56 bits per heavy atom. The maximum atomic E-state index is 5.52. The van der Waals surface area contributed by atoms with Gasteiger partial charge in [0.2, 0.25) is 0 Å². The van der Waals surface area contributed by atoms with E-state index < -0.39 is 0 Å². The van der Waals surface area contributed by atoms with Crippen LogP contribution in [0, 0.1) is 0 Å². The van der Waals surface area contributed by atoms with Crippen LogP contribution in [-0.2, 0) is 0 Å². The number of hydrogen-bond acceptors (Lipinski definition) is 3. The Morgan fingerprint density at radius 2 is 1.78 bits per heavy atom. The number of rotatable bonds is 3. The van der Waals surface area contributed by atoms with E-state index in [1.54, 1.807) is 0 Å². The second kappa shape index (κ2) is 4.63. The highest BCUT2D eigenvalue weighted by molar-refractivity contribution is 6.02. The quantitative estimate of drug-likeness (QED) is 0.689. The van der Waals surface area contributed by atoms with Crippen molar-refractivity contribution in [2.45, 2.75) is 0 Å². The molecule has 0 bridgehead atoms. The average Bonchev–Trinajstić information content (AvgIpc) is 2.43. The normalized spacial score (nSPS) is 10.9. The van der Waals surface area contributed by atoms with E-state index in [4.69, 9.17) is 5.73 Å². The van der Waals surface area contributed by atoms with Gasteiger partial charge in [-0.2, -0.15) is 0 Å². The van der Waals surface area contributed by atoms with E-state index in [2.05, 4.69) is 46.7 Å². The van der Waals surface area contributed by atoms with Crippen molar-refractivity contribution < 1.29 is 0 Å². The topological polar surface area (TPSA) is 50.9 Å². The molecule has 3 heteroatoms. The fraction of sp³-hybridized carbons (Fsp3) is 0.133. The van der Waals surface area contributed by atoms with Gasteiger partial charge < -0.3 is 11.1 Å². The smallest absolute Gasteiger partial charge is 0.133 e. The molecule has 0 aliphatic carbocycles. The molecule has 1 heterocycles. The minimum absolute atomic E-state index is 0.603. The maximum Gasteiger partial charge on any atom is 0.133 e. The van der Waals surface area contributed by atoms with Crippen molar-refractivity contribution in [3.8, 4) is 0 Å². The zero-order chi connectivity index (χ0) is 12.4. The van der Waals surface area contributed by atoms with Crippen molar-refractivity contribution in [3.05, 3.63) is 48.7 Å². The lowest BCUT2D eigenvalue weighted by molar-refractivity contribution is 1.02. The van der Waals surface area contributed by atoms with Gasteiger partial charge in [0.25, 0.3) is 0 Å². The largest absolute Gasteiger partial charge is 0.368 e. The number of nitrogens with zero attached hydrogens (tertiary/aromatic N) is 1. The number of anilines is 1. The van der Waals surface area contributed by atoms with Gasteiger partial charge in [-0.25, -0.2) is 4.98 Å². The van der Waals surface area contributed by atoms with Crippen molar-refractivity contribution >= 4 is 27.4 Å². The van der Waals surface area contributed by atoms with Crippen LogP contribution in [0.4, 0.5) is 5.82 Å². The van der Waals surface area contributed by atoms with E-state index >= 15 is 0 Å². The van der Waals surface area contributed by atoms with Gasteiger partial charge in [-0.1, -0.05) is 24.3 Å². The number of nitrogens with two attached hydrogens (primary N) is 1. The van der Waals surface area contributed by atoms with Gasteiger partial charge >= 0.3 is 0 Å². The molecule has 0 saturated heterocycles. The standard InChI is InChI=1S/C15H15N3/c16-6-8-18-15-14-10-12-4-2-1-3-11(12)9-13(14)5-7-17-15/h1-5,7,9-10H,6,8,16H2,(H,17,18). The highest BCUT2D eigenvalue weighted by atomic mass is 15.0. The molecule has 0 atom stereocenters. The molecule has 0 amide bonds. The summed E-state index contributed by atoms with van der Waals surface area (Å²) < 4.78 is 0. The first-order valence-corrected chi connectivity index (χ1v) is 6.10. The Bertz CT molecular complexity index is 691. The van der Waals surface area contributed by atoms with Crippen LogP contribution in [0.3, 0.4) is 0 Å². The van der Waals surface area contributed by atoms with Crippen LogP contribution in [0.5, 0.6) is 0 Å². The zero-order valence-electron chi connectivity index (χ0n) is 10.1. The molecule has 90 valence electrons. The highest BCUT2D eigenvalue weighted by Gasteiger charge is 2.03. The van der Waals surface area contributed by atoms with Crippen LogP contribution in [0.15, 0.2) is 48.7 Å². The zero-order valence-corrected chi connectivity index (χ0v) is 10.1. The van der Waals surface area contributed by atoms with Crippen molar-refractivity contribution in [2.24, 2.45) is 5.73 Å². The van der Waals surface area contributed by atoms with Gasteiger partial charge in [-0.05, 0) is 34.4 Å². The van der Waals surface area contributed by atoms with Crippen molar-refractivity contribution in [1.29, 1.82) is 0 Å². The SMILES string of the molecule is NCCNc1nccc2cc3ccccc3cc12. The molecule has 1 aromatic heterocycles. The predicted molar refractivity (Wildman–Crippen MR) is 76.8 cm³/mol. The van der Waals surface area contributed by atoms with Gasteiger partial charge in [-0.3, -0.25) is 0 Å². The summed E-state index contributed by atoms with van der Waals surface area (Å²) in [7, 11) is 0. The molecular weight excluding hydrogens is 222 g/mol. The second-order valence-electron chi connectivity index (χ2n) is 4.30. The van der Waals surface area contributed by atoms with E-state index in [0.717, 1.165) is 17.7 Å². The Hall–Kier alpha value is -2.13. The molecule has 0 radical (unpaired) electrons. The molecule has 3 nitrogen and oxygen atoms in total. The Kier molecular flexibility index (Phi) is 2.82. The summed E-state index contributed by atoms with van der Waals surface area (Å²) in [5.74, 6) is 0.906. The highest BCUT2D eigenvalue weighted by Crippen LogP contribution is 2.26. The van der Waals surface area contributed by atoms with E-state index in [9.17, 15) is 0 Å². The Morgan fingerprint density at radius 1 is 1.00 bits per heavy atom. The molecule has 18 heavy (non-hydrogen) atoms. The third-order valence-corrected chi connectivity index (χ3v) is 3.07. The van der Waals surface area contributed by atoms with Gasteiger partial charge in [0, 0.05) is 24.7 Å². The third-order valence-electron chi connectivity index (χ3n) is 3.07. The molecule has 0 unspecified atom stereocenters. The lowest BCUT2D eigenvalue weighted by atomic mass is 10.0. The second-order valence-corrected chi connectivity index (χ2v) is 4.30. The minimum Gasteiger partial charge on any atom is -0.368 e. The third kappa shape index (κ3) is 1.89. The fourth-order valence-corrected chi connectivity index (χ4v) is 2.19. The number of nitrogens with one attached hydrogen (secondary N) is 1. The van der Waals surface area contributed by atoms with Crippen molar-refractivity contribution in [3.63, 3.8) is 0 Å². The van der Waals surface area contributed by atoms with Gasteiger partial charge in [0.1, 0.15) is 5.82 Å². The van der Waals surface area contributed by atoms with Crippen molar-refractivity contribution in [2.75, 3.05) is 18.4 Å². The monoisotopic (exact) mass is 237 g/mol. The van der Waals surface area contributed by atoms with Gasteiger partial charge in [0.15, 0.2) is 0 Å². The summed E-state index contributed by atoms with van der Waals surface area (Å²) in [4.78, 5) is 4.38. The summed E-state index contributed by atoms with van der Waals surface area (Å²) in [6, 6.07) is 14.8. The summed E-state index contributed by atoms with van der Waals surface area (Å²) in [5, 5.41) is 8.09. The molecule has 3 N–H and O–H groups in total. The molecule has 3 rings (SSSR count). The summed E-state index contributed by atoms with van der Waals surface area (Å²) >= 11 is 0. The first-order chi connectivity index (χ1) is 8.88. The van der Waals surface area contributed by atoms with Gasteiger partial charge in [-0.15, -0.1) is 0 Å². The van der Waals surface area contributed by atoms with Crippen LogP contribution in [-0.4, -0.2) is 18.1 Å². The van der Waals surface area contributed by atoms with E-state index in [-0.39, 0.29) is 0 Å². The molecule has 2 aromatic carbocycles. The molecule has 0 saturated carbocycles. The molecule has 3 aromatic rings. The first kappa shape index (κ1) is 11.0. The summed E-state index contributed by atoms with van der Waals surface area (Å²) in [6.45, 7) is 1.34. The van der Waals surface area contributed by atoms with E-state index in [1.165, 1.54) is 16.2 Å². The molecule has 0 aliphatic rings. The lowest BCUT2D eigenvalue weighted by Crippen LogP contribution is -2.13. The molecule has 0 aliphatic heterocycles. The lowest BCUT2D eigenvalue weighted by Gasteiger charge is -2.08. The van der Waals surface area contributed by atoms with Crippen molar-refractivity contribution in [1.82, 2.24) is 4.98 Å². The van der Waals surface area contributed by atoms with Crippen LogP contribution in [0.2, 0.25) is 0 Å². The Balaban J connectivity index is 2.22.